The van der Waals surface area contributed by atoms with E-state index in [1.807, 2.05) is 13.0 Å². The van der Waals surface area contributed by atoms with Crippen LogP contribution in [0, 0.1) is 11.8 Å². The lowest BCUT2D eigenvalue weighted by Gasteiger charge is -2.24. The van der Waals surface area contributed by atoms with Crippen molar-refractivity contribution < 1.29 is 5.11 Å². The second kappa shape index (κ2) is 5.36. The Kier molecular flexibility index (Phi) is 5.22. The molecule has 11 heavy (non-hydrogen) atoms. The third-order valence-corrected chi connectivity index (χ3v) is 2.21. The van der Waals surface area contributed by atoms with Crippen LogP contribution in [0.1, 0.15) is 33.6 Å². The first-order chi connectivity index (χ1) is 5.13. The van der Waals surface area contributed by atoms with Crippen LogP contribution < -0.4 is 0 Å². The van der Waals surface area contributed by atoms with Crippen molar-refractivity contribution in [1.82, 2.24) is 0 Å². The molecule has 0 aromatic rings. The fourth-order valence-corrected chi connectivity index (χ4v) is 1.37. The highest BCUT2D eigenvalue weighted by Gasteiger charge is 2.19. The summed E-state index contributed by atoms with van der Waals surface area (Å²) in [6.07, 6.45) is 3.50. The van der Waals surface area contributed by atoms with E-state index in [2.05, 4.69) is 20.4 Å². The maximum atomic E-state index is 9.57. The molecule has 0 saturated heterocycles. The summed E-state index contributed by atoms with van der Waals surface area (Å²) in [6, 6.07) is 0. The molecule has 0 saturated carbocycles. The zero-order valence-corrected chi connectivity index (χ0v) is 7.88. The van der Waals surface area contributed by atoms with Crippen LogP contribution in [0.5, 0.6) is 0 Å². The fourth-order valence-electron chi connectivity index (χ4n) is 1.37. The van der Waals surface area contributed by atoms with Gasteiger partial charge in [0, 0.05) is 0 Å². The normalized spacial score (nSPS) is 16.5. The zero-order chi connectivity index (χ0) is 8.85. The average molecular weight is 156 g/mol. The molecule has 0 fully saturated rings. The first-order valence-electron chi connectivity index (χ1n) is 4.42. The van der Waals surface area contributed by atoms with Gasteiger partial charge in [-0.05, 0) is 24.7 Å². The first-order valence-corrected chi connectivity index (χ1v) is 4.42. The fraction of sp³-hybridized carbons (Fsp3) is 0.800. The molecule has 0 heterocycles. The van der Waals surface area contributed by atoms with Crippen molar-refractivity contribution >= 4 is 0 Å². The van der Waals surface area contributed by atoms with Crippen molar-refractivity contribution in [2.75, 3.05) is 0 Å². The van der Waals surface area contributed by atoms with Crippen LogP contribution in [0.4, 0.5) is 0 Å². The van der Waals surface area contributed by atoms with Crippen LogP contribution in [0.2, 0.25) is 0 Å². The molecule has 1 nitrogen and oxygen atoms in total. The summed E-state index contributed by atoms with van der Waals surface area (Å²) in [6.45, 7) is 10.00. The van der Waals surface area contributed by atoms with Crippen molar-refractivity contribution in [3.63, 3.8) is 0 Å². The van der Waals surface area contributed by atoms with E-state index in [1.165, 1.54) is 0 Å². The monoisotopic (exact) mass is 156 g/mol. The number of aliphatic hydroxyl groups excluding tert-OH is 1. The smallest absolute Gasteiger partial charge is 0.0571 e. The maximum absolute atomic E-state index is 9.57. The molecular formula is C10H20O. The predicted octanol–water partition coefficient (Wildman–Crippen LogP) is 2.61. The van der Waals surface area contributed by atoms with Crippen molar-refractivity contribution in [2.45, 2.75) is 39.7 Å². The van der Waals surface area contributed by atoms with Crippen molar-refractivity contribution in [1.29, 1.82) is 0 Å². The van der Waals surface area contributed by atoms with Gasteiger partial charge < -0.3 is 5.11 Å². The molecule has 0 aromatic carbocycles. The van der Waals surface area contributed by atoms with Gasteiger partial charge in [-0.3, -0.25) is 0 Å². The average Bonchev–Trinajstić information content (AvgIpc) is 1.98. The van der Waals surface area contributed by atoms with Crippen LogP contribution >= 0.6 is 0 Å². The quantitative estimate of drug-likeness (QED) is 0.607. The number of aliphatic hydroxyl groups is 1. The minimum atomic E-state index is -0.159. The third kappa shape index (κ3) is 3.57. The Morgan fingerprint density at radius 1 is 1.45 bits per heavy atom. The van der Waals surface area contributed by atoms with Gasteiger partial charge in [0.2, 0.25) is 0 Å². The molecular weight excluding hydrogens is 136 g/mol. The summed E-state index contributed by atoms with van der Waals surface area (Å²) >= 11 is 0. The van der Waals surface area contributed by atoms with E-state index in [0.717, 1.165) is 12.8 Å². The third-order valence-electron chi connectivity index (χ3n) is 2.21. The molecule has 0 rings (SSSR count). The second-order valence-corrected chi connectivity index (χ2v) is 3.41. The molecule has 1 N–H and O–H groups in total. The lowest BCUT2D eigenvalue weighted by Crippen LogP contribution is -2.23. The van der Waals surface area contributed by atoms with Gasteiger partial charge in [0.1, 0.15) is 0 Å². The number of hydrogen-bond donors (Lipinski definition) is 1. The number of hydrogen-bond acceptors (Lipinski definition) is 1. The van der Waals surface area contributed by atoms with E-state index in [4.69, 9.17) is 0 Å². The van der Waals surface area contributed by atoms with Crippen molar-refractivity contribution in [3.05, 3.63) is 12.7 Å². The molecule has 0 bridgehead atoms. The van der Waals surface area contributed by atoms with Gasteiger partial charge in [-0.2, -0.15) is 0 Å². The molecule has 2 unspecified atom stereocenters. The van der Waals surface area contributed by atoms with Gasteiger partial charge in [0.15, 0.2) is 0 Å². The van der Waals surface area contributed by atoms with Crippen LogP contribution in [0.3, 0.4) is 0 Å². The Hall–Kier alpha value is -0.300. The lowest BCUT2D eigenvalue weighted by molar-refractivity contribution is 0.0796. The summed E-state index contributed by atoms with van der Waals surface area (Å²) in [5.74, 6) is 0.931. The highest BCUT2D eigenvalue weighted by Crippen LogP contribution is 2.21. The van der Waals surface area contributed by atoms with Crippen LogP contribution in [0.25, 0.3) is 0 Å². The van der Waals surface area contributed by atoms with E-state index in [1.54, 1.807) is 0 Å². The Labute approximate surface area is 70.1 Å². The molecule has 0 aromatic heterocycles. The Morgan fingerprint density at radius 2 is 2.00 bits per heavy atom. The molecule has 0 aliphatic heterocycles. The standard InChI is InChI=1S/C10H20O/c1-5-7-9(8(3)4)10(11)6-2/h5,8-11H,1,6-7H2,2-4H3. The van der Waals surface area contributed by atoms with Gasteiger partial charge in [-0.15, -0.1) is 6.58 Å². The van der Waals surface area contributed by atoms with E-state index < -0.39 is 0 Å². The van der Waals surface area contributed by atoms with Gasteiger partial charge in [-0.25, -0.2) is 0 Å². The van der Waals surface area contributed by atoms with Gasteiger partial charge in [-0.1, -0.05) is 26.8 Å². The predicted molar refractivity (Wildman–Crippen MR) is 49.4 cm³/mol. The summed E-state index contributed by atoms with van der Waals surface area (Å²) in [4.78, 5) is 0. The highest BCUT2D eigenvalue weighted by atomic mass is 16.3. The minimum absolute atomic E-state index is 0.159. The van der Waals surface area contributed by atoms with Crippen molar-refractivity contribution in [3.8, 4) is 0 Å². The summed E-state index contributed by atoms with van der Waals surface area (Å²) in [5.41, 5.74) is 0. The molecule has 66 valence electrons. The molecule has 0 spiro atoms. The summed E-state index contributed by atoms with van der Waals surface area (Å²) in [5, 5.41) is 9.57. The molecule has 2 atom stereocenters. The summed E-state index contributed by atoms with van der Waals surface area (Å²) < 4.78 is 0. The topological polar surface area (TPSA) is 20.2 Å². The number of rotatable bonds is 5. The van der Waals surface area contributed by atoms with E-state index in [-0.39, 0.29) is 6.10 Å². The van der Waals surface area contributed by atoms with Gasteiger partial charge in [0.05, 0.1) is 6.10 Å². The molecule has 1 heteroatoms. The number of allylic oxidation sites excluding steroid dienone is 1. The lowest BCUT2D eigenvalue weighted by atomic mass is 9.86. The molecule has 0 amide bonds. The van der Waals surface area contributed by atoms with Crippen LogP contribution in [-0.4, -0.2) is 11.2 Å². The van der Waals surface area contributed by atoms with E-state index >= 15 is 0 Å². The van der Waals surface area contributed by atoms with E-state index in [0.29, 0.717) is 11.8 Å². The Bertz CT molecular complexity index is 107. The van der Waals surface area contributed by atoms with Gasteiger partial charge >= 0.3 is 0 Å². The van der Waals surface area contributed by atoms with Gasteiger partial charge in [0.25, 0.3) is 0 Å². The van der Waals surface area contributed by atoms with Crippen molar-refractivity contribution in [2.24, 2.45) is 11.8 Å². The first kappa shape index (κ1) is 10.7. The minimum Gasteiger partial charge on any atom is -0.393 e. The molecule has 0 aliphatic rings. The SMILES string of the molecule is C=CCC(C(C)C)C(O)CC. The maximum Gasteiger partial charge on any atom is 0.0571 e. The summed E-state index contributed by atoms with van der Waals surface area (Å²) in [7, 11) is 0. The Morgan fingerprint density at radius 3 is 2.27 bits per heavy atom. The molecule has 0 radical (unpaired) electrons. The zero-order valence-electron chi connectivity index (χ0n) is 7.88. The largest absolute Gasteiger partial charge is 0.393 e. The van der Waals surface area contributed by atoms with E-state index in [9.17, 15) is 5.11 Å². The highest BCUT2D eigenvalue weighted by molar-refractivity contribution is 4.79. The molecule has 0 aliphatic carbocycles. The second-order valence-electron chi connectivity index (χ2n) is 3.41. The Balaban J connectivity index is 3.96. The van der Waals surface area contributed by atoms with Crippen LogP contribution in [0.15, 0.2) is 12.7 Å². The van der Waals surface area contributed by atoms with Crippen LogP contribution in [-0.2, 0) is 0 Å².